The normalized spacial score (nSPS) is 17.4. The number of piperazine rings is 1. The summed E-state index contributed by atoms with van der Waals surface area (Å²) in [5.41, 5.74) is 1.51. The summed E-state index contributed by atoms with van der Waals surface area (Å²) in [5.74, 6) is 0.468. The molecule has 0 saturated carbocycles. The minimum atomic E-state index is -1.04. The molecule has 3 aromatic rings. The highest BCUT2D eigenvalue weighted by molar-refractivity contribution is 6.32. The number of rotatable bonds is 6. The molecule has 172 valence electrons. The Kier molecular flexibility index (Phi) is 6.10. The Morgan fingerprint density at radius 2 is 1.73 bits per heavy atom. The van der Waals surface area contributed by atoms with Gasteiger partial charge in [-0.25, -0.2) is 14.8 Å². The van der Waals surface area contributed by atoms with Crippen LogP contribution in [0.2, 0.25) is 5.15 Å². The maximum absolute atomic E-state index is 12.0. The molecule has 0 spiro atoms. The fourth-order valence-corrected chi connectivity index (χ4v) is 4.40. The second-order valence-corrected chi connectivity index (χ2v) is 8.50. The van der Waals surface area contributed by atoms with E-state index in [1.807, 2.05) is 6.07 Å². The molecule has 0 bridgehead atoms. The lowest BCUT2D eigenvalue weighted by Gasteiger charge is -2.28. The molecule has 11 heteroatoms. The van der Waals surface area contributed by atoms with Gasteiger partial charge in [0.25, 0.3) is 0 Å². The van der Waals surface area contributed by atoms with Gasteiger partial charge in [0.15, 0.2) is 34.0 Å². The maximum atomic E-state index is 12.0. The molecule has 0 amide bonds. The van der Waals surface area contributed by atoms with E-state index in [2.05, 4.69) is 30.4 Å². The van der Waals surface area contributed by atoms with Crippen molar-refractivity contribution in [3.05, 3.63) is 41.0 Å². The van der Waals surface area contributed by atoms with E-state index in [0.29, 0.717) is 22.7 Å². The highest BCUT2D eigenvalue weighted by Gasteiger charge is 2.26. The Hall–Kier alpha value is -3.24. The fraction of sp³-hybridized carbons (Fsp3) is 0.409. The van der Waals surface area contributed by atoms with Crippen LogP contribution in [0.4, 0.5) is 17.6 Å². The fourth-order valence-electron chi connectivity index (χ4n) is 4.22. The van der Waals surface area contributed by atoms with Crippen LogP contribution in [0, 0.1) is 0 Å². The molecule has 1 aromatic carbocycles. The molecule has 0 unspecified atom stereocenters. The molecule has 33 heavy (non-hydrogen) atoms. The minimum absolute atomic E-state index is 0.0867. The molecule has 0 aliphatic carbocycles. The van der Waals surface area contributed by atoms with Crippen molar-refractivity contribution < 1.29 is 9.90 Å². The smallest absolute Gasteiger partial charge is 0.330 e. The van der Waals surface area contributed by atoms with Crippen LogP contribution in [0.25, 0.3) is 11.2 Å². The Morgan fingerprint density at radius 1 is 1.00 bits per heavy atom. The Bertz CT molecular complexity index is 1150. The van der Waals surface area contributed by atoms with Gasteiger partial charge >= 0.3 is 5.97 Å². The van der Waals surface area contributed by atoms with Crippen molar-refractivity contribution in [3.8, 4) is 0 Å². The van der Waals surface area contributed by atoms with Crippen molar-refractivity contribution in [2.24, 2.45) is 0 Å². The van der Waals surface area contributed by atoms with Gasteiger partial charge in [0.2, 0.25) is 5.95 Å². The molecule has 2 saturated heterocycles. The summed E-state index contributed by atoms with van der Waals surface area (Å²) in [6.45, 7) is 5.09. The number of nitrogens with zero attached hydrogens (tertiary/aromatic N) is 6. The quantitative estimate of drug-likeness (QED) is 0.497. The van der Waals surface area contributed by atoms with E-state index in [0.717, 1.165) is 57.9 Å². The maximum Gasteiger partial charge on any atom is 0.330 e. The van der Waals surface area contributed by atoms with E-state index in [1.165, 1.54) is 0 Å². The first-order valence-electron chi connectivity index (χ1n) is 11.1. The molecule has 10 nitrogen and oxygen atoms in total. The Morgan fingerprint density at radius 3 is 2.42 bits per heavy atom. The number of carbonyl (C=O) groups is 1. The number of benzene rings is 1. The van der Waals surface area contributed by atoms with Crippen molar-refractivity contribution in [2.45, 2.75) is 18.9 Å². The predicted molar refractivity (Wildman–Crippen MR) is 127 cm³/mol. The topological polar surface area (TPSA) is 119 Å². The number of halogens is 1. The van der Waals surface area contributed by atoms with Crippen LogP contribution in [0.3, 0.4) is 0 Å². The summed E-state index contributed by atoms with van der Waals surface area (Å²) in [6, 6.07) is 7.86. The third kappa shape index (κ3) is 4.49. The van der Waals surface area contributed by atoms with E-state index < -0.39 is 12.0 Å². The lowest BCUT2D eigenvalue weighted by Crippen LogP contribution is -2.44. The number of carboxylic acid groups (broad SMARTS) is 1. The first-order chi connectivity index (χ1) is 16.1. The van der Waals surface area contributed by atoms with Crippen molar-refractivity contribution in [2.75, 3.05) is 54.4 Å². The first-order valence-corrected chi connectivity index (χ1v) is 11.5. The Labute approximate surface area is 196 Å². The van der Waals surface area contributed by atoms with Crippen LogP contribution >= 0.6 is 11.6 Å². The SMILES string of the molecule is O=C(O)[C@H](Nc1nc2nc(N3CCNCC3)nc(N3CCCC3)c2nc1Cl)c1ccccc1. The molecular formula is C22H25ClN8O2. The van der Waals surface area contributed by atoms with Gasteiger partial charge in [-0.05, 0) is 18.4 Å². The number of hydrogen-bond acceptors (Lipinski definition) is 9. The van der Waals surface area contributed by atoms with Gasteiger partial charge in [-0.1, -0.05) is 41.9 Å². The largest absolute Gasteiger partial charge is 0.479 e. The van der Waals surface area contributed by atoms with Gasteiger partial charge in [0.1, 0.15) is 0 Å². The second-order valence-electron chi connectivity index (χ2n) is 8.14. The van der Waals surface area contributed by atoms with E-state index in [9.17, 15) is 9.90 Å². The number of carboxylic acids is 1. The number of aromatic nitrogens is 4. The monoisotopic (exact) mass is 468 g/mol. The number of fused-ring (bicyclic) bond motifs is 1. The van der Waals surface area contributed by atoms with Gasteiger partial charge in [-0.15, -0.1) is 0 Å². The average molecular weight is 469 g/mol. The van der Waals surface area contributed by atoms with Crippen LogP contribution in [-0.4, -0.2) is 70.3 Å². The number of aliphatic carboxylic acids is 1. The zero-order chi connectivity index (χ0) is 22.8. The minimum Gasteiger partial charge on any atom is -0.479 e. The lowest BCUT2D eigenvalue weighted by molar-refractivity contribution is -0.138. The zero-order valence-electron chi connectivity index (χ0n) is 18.0. The van der Waals surface area contributed by atoms with E-state index in [4.69, 9.17) is 21.6 Å². The molecule has 3 N–H and O–H groups in total. The average Bonchev–Trinajstić information content (AvgIpc) is 3.38. The number of nitrogens with one attached hydrogen (secondary N) is 2. The predicted octanol–water partition coefficient (Wildman–Crippen LogP) is 2.32. The first kappa shape index (κ1) is 21.6. The molecule has 2 aliphatic heterocycles. The summed E-state index contributed by atoms with van der Waals surface area (Å²) in [4.78, 5) is 35.0. The molecule has 1 atom stereocenters. The molecule has 2 fully saturated rings. The number of hydrogen-bond donors (Lipinski definition) is 3. The zero-order valence-corrected chi connectivity index (χ0v) is 18.8. The van der Waals surface area contributed by atoms with Crippen LogP contribution in [-0.2, 0) is 4.79 Å². The highest BCUT2D eigenvalue weighted by atomic mass is 35.5. The second kappa shape index (κ2) is 9.32. The van der Waals surface area contributed by atoms with E-state index >= 15 is 0 Å². The van der Waals surface area contributed by atoms with Gasteiger partial charge in [-0.2, -0.15) is 9.97 Å². The van der Waals surface area contributed by atoms with E-state index in [1.54, 1.807) is 24.3 Å². The summed E-state index contributed by atoms with van der Waals surface area (Å²) in [5, 5.41) is 16.2. The summed E-state index contributed by atoms with van der Waals surface area (Å²) < 4.78 is 0. The summed E-state index contributed by atoms with van der Waals surface area (Å²) in [7, 11) is 0. The van der Waals surface area contributed by atoms with Crippen molar-refractivity contribution in [1.29, 1.82) is 0 Å². The van der Waals surface area contributed by atoms with Crippen LogP contribution in [0.1, 0.15) is 24.4 Å². The lowest BCUT2D eigenvalue weighted by atomic mass is 10.1. The van der Waals surface area contributed by atoms with Crippen molar-refractivity contribution in [3.63, 3.8) is 0 Å². The molecule has 4 heterocycles. The number of anilines is 3. The van der Waals surface area contributed by atoms with Crippen molar-refractivity contribution in [1.82, 2.24) is 25.3 Å². The van der Waals surface area contributed by atoms with Crippen molar-refractivity contribution >= 4 is 46.3 Å². The van der Waals surface area contributed by atoms with Crippen LogP contribution in [0.5, 0.6) is 0 Å². The van der Waals surface area contributed by atoms with Gasteiger partial charge in [0.05, 0.1) is 0 Å². The molecule has 0 radical (unpaired) electrons. The standard InChI is InChI=1S/C22H25ClN8O2/c23-17-19(26-15(21(32)33)14-6-2-1-3-7-14)27-18-16(25-17)20(30-10-4-5-11-30)29-22(28-18)31-12-8-24-9-13-31/h1-3,6-7,15,24H,4-5,8-13H2,(H,32,33)(H,26,27,28,29)/t15-/m1/s1. The van der Waals surface area contributed by atoms with Gasteiger partial charge < -0.3 is 25.5 Å². The third-order valence-electron chi connectivity index (χ3n) is 5.92. The highest BCUT2D eigenvalue weighted by Crippen LogP contribution is 2.31. The van der Waals surface area contributed by atoms with Crippen LogP contribution < -0.4 is 20.4 Å². The summed E-state index contributed by atoms with van der Waals surface area (Å²) in [6.07, 6.45) is 2.18. The molecule has 2 aromatic heterocycles. The van der Waals surface area contributed by atoms with E-state index in [-0.39, 0.29) is 11.0 Å². The molecule has 5 rings (SSSR count). The van der Waals surface area contributed by atoms with Crippen LogP contribution in [0.15, 0.2) is 30.3 Å². The molecular weight excluding hydrogens is 444 g/mol. The summed E-state index contributed by atoms with van der Waals surface area (Å²) >= 11 is 6.48. The van der Waals surface area contributed by atoms with Gasteiger partial charge in [-0.3, -0.25) is 0 Å². The Balaban J connectivity index is 1.58. The van der Waals surface area contributed by atoms with Gasteiger partial charge in [0, 0.05) is 39.3 Å². The third-order valence-corrected chi connectivity index (χ3v) is 6.19. The molecule has 2 aliphatic rings.